The summed E-state index contributed by atoms with van der Waals surface area (Å²) < 4.78 is 10.8. The lowest BCUT2D eigenvalue weighted by Gasteiger charge is -2.15. The first-order valence-corrected chi connectivity index (χ1v) is 9.50. The lowest BCUT2D eigenvalue weighted by Crippen LogP contribution is -2.27. The lowest BCUT2D eigenvalue weighted by molar-refractivity contribution is -0.385. The second-order valence-corrected chi connectivity index (χ2v) is 7.31. The summed E-state index contributed by atoms with van der Waals surface area (Å²) in [5.74, 6) is 0.583. The van der Waals surface area contributed by atoms with Crippen molar-refractivity contribution in [3.8, 4) is 11.5 Å². The maximum Gasteiger partial charge on any atom is 0.311 e. The Bertz CT molecular complexity index is 973. The first-order chi connectivity index (χ1) is 13.4. The van der Waals surface area contributed by atoms with Gasteiger partial charge in [0.2, 0.25) is 0 Å². The number of rotatable bonds is 6. The molecule has 1 amide bonds. The molecule has 0 atom stereocenters. The van der Waals surface area contributed by atoms with Crippen LogP contribution < -0.4 is 14.4 Å². The smallest absolute Gasteiger partial charge is 0.311 e. The average molecular weight is 416 g/mol. The Morgan fingerprint density at radius 2 is 1.96 bits per heavy atom. The fraction of sp³-hybridized carbons (Fsp3) is 0.158. The lowest BCUT2D eigenvalue weighted by atomic mass is 10.1. The van der Waals surface area contributed by atoms with Crippen LogP contribution in [0.2, 0.25) is 0 Å². The third kappa shape index (κ3) is 4.00. The number of nitrogens with zero attached hydrogens (tertiary/aromatic N) is 2. The number of hydrogen-bond acceptors (Lipinski definition) is 7. The minimum atomic E-state index is -0.526. The van der Waals surface area contributed by atoms with E-state index in [4.69, 9.17) is 21.7 Å². The van der Waals surface area contributed by atoms with Crippen molar-refractivity contribution in [1.29, 1.82) is 0 Å². The van der Waals surface area contributed by atoms with Crippen LogP contribution in [0.3, 0.4) is 0 Å². The van der Waals surface area contributed by atoms with Gasteiger partial charge in [-0.3, -0.25) is 19.8 Å². The monoisotopic (exact) mass is 416 g/mol. The number of carbonyl (C=O) groups excluding carboxylic acids is 1. The van der Waals surface area contributed by atoms with E-state index < -0.39 is 4.92 Å². The number of nitro benzene ring substituents is 1. The summed E-state index contributed by atoms with van der Waals surface area (Å²) in [5, 5.41) is 11.2. The van der Waals surface area contributed by atoms with E-state index in [0.29, 0.717) is 32.8 Å². The Morgan fingerprint density at radius 1 is 1.25 bits per heavy atom. The number of ether oxygens (including phenoxy) is 2. The van der Waals surface area contributed by atoms with Gasteiger partial charge in [0, 0.05) is 6.07 Å². The topological polar surface area (TPSA) is 81.9 Å². The predicted octanol–water partition coefficient (Wildman–Crippen LogP) is 4.41. The Hall–Kier alpha value is -2.91. The van der Waals surface area contributed by atoms with E-state index in [9.17, 15) is 14.9 Å². The molecule has 0 saturated carbocycles. The fourth-order valence-electron chi connectivity index (χ4n) is 2.64. The second-order valence-electron chi connectivity index (χ2n) is 5.63. The molecule has 3 rings (SSSR count). The standard InChI is InChI=1S/C19H16N2O5S2/c1-3-26-14-7-5-13(6-8-14)20-18(22)17(28-19(20)27)11-12-4-9-16(25-2)15(10-12)21(23)24/h4-11H,3H2,1-2H3/b17-11+. The number of hydrogen-bond donors (Lipinski definition) is 0. The van der Waals surface area contributed by atoms with E-state index in [1.54, 1.807) is 36.4 Å². The molecule has 1 saturated heterocycles. The van der Waals surface area contributed by atoms with Crippen LogP contribution in [0.1, 0.15) is 12.5 Å². The highest BCUT2D eigenvalue weighted by atomic mass is 32.2. The van der Waals surface area contributed by atoms with Gasteiger partial charge in [-0.05, 0) is 48.9 Å². The minimum absolute atomic E-state index is 0.157. The van der Waals surface area contributed by atoms with Crippen molar-refractivity contribution in [2.75, 3.05) is 18.6 Å². The Kier molecular flexibility index (Phi) is 5.96. The highest BCUT2D eigenvalue weighted by Crippen LogP contribution is 2.37. The van der Waals surface area contributed by atoms with Crippen molar-refractivity contribution < 1.29 is 19.2 Å². The molecule has 0 bridgehead atoms. The van der Waals surface area contributed by atoms with E-state index >= 15 is 0 Å². The van der Waals surface area contributed by atoms with E-state index in [2.05, 4.69) is 0 Å². The number of thiocarbonyl (C=S) groups is 1. The SMILES string of the molecule is CCOc1ccc(N2C(=O)/C(=C\c3ccc(OC)c([N+](=O)[O-])c3)SC2=S)cc1. The maximum atomic E-state index is 12.8. The van der Waals surface area contributed by atoms with Gasteiger partial charge in [0.25, 0.3) is 5.91 Å². The van der Waals surface area contributed by atoms with E-state index in [1.807, 2.05) is 6.92 Å². The van der Waals surface area contributed by atoms with Crippen LogP contribution in [0.4, 0.5) is 11.4 Å². The van der Waals surface area contributed by atoms with Crippen molar-refractivity contribution in [3.63, 3.8) is 0 Å². The number of thioether (sulfide) groups is 1. The van der Waals surface area contributed by atoms with Gasteiger partial charge >= 0.3 is 5.69 Å². The Morgan fingerprint density at radius 3 is 2.57 bits per heavy atom. The fourth-order valence-corrected chi connectivity index (χ4v) is 3.94. The normalized spacial score (nSPS) is 15.2. The van der Waals surface area contributed by atoms with Gasteiger partial charge < -0.3 is 9.47 Å². The van der Waals surface area contributed by atoms with Gasteiger partial charge in [0.05, 0.1) is 29.2 Å². The highest BCUT2D eigenvalue weighted by molar-refractivity contribution is 8.27. The van der Waals surface area contributed by atoms with Crippen LogP contribution in [0.5, 0.6) is 11.5 Å². The number of benzene rings is 2. The molecule has 2 aromatic carbocycles. The molecule has 1 aliphatic rings. The number of nitro groups is 1. The summed E-state index contributed by atoms with van der Waals surface area (Å²) in [7, 11) is 1.37. The van der Waals surface area contributed by atoms with Crippen molar-refractivity contribution in [2.24, 2.45) is 0 Å². The van der Waals surface area contributed by atoms with E-state index in [-0.39, 0.29) is 17.3 Å². The van der Waals surface area contributed by atoms with Crippen LogP contribution in [-0.2, 0) is 4.79 Å². The zero-order valence-electron chi connectivity index (χ0n) is 15.1. The number of methoxy groups -OCH3 is 1. The van der Waals surface area contributed by atoms with Crippen molar-refractivity contribution in [1.82, 2.24) is 0 Å². The summed E-state index contributed by atoms with van der Waals surface area (Å²) in [5.41, 5.74) is 0.980. The van der Waals surface area contributed by atoms with Crippen LogP contribution in [-0.4, -0.2) is 28.9 Å². The van der Waals surface area contributed by atoms with Crippen molar-refractivity contribution in [3.05, 3.63) is 63.0 Å². The summed E-state index contributed by atoms with van der Waals surface area (Å²) in [6.45, 7) is 2.45. The Labute approximate surface area is 171 Å². The summed E-state index contributed by atoms with van der Waals surface area (Å²) in [6.07, 6.45) is 1.58. The minimum Gasteiger partial charge on any atom is -0.494 e. The summed E-state index contributed by atoms with van der Waals surface area (Å²) >= 11 is 6.50. The number of anilines is 1. The van der Waals surface area contributed by atoms with Gasteiger partial charge in [0.15, 0.2) is 10.1 Å². The molecular formula is C19H16N2O5S2. The molecule has 0 aromatic heterocycles. The van der Waals surface area contributed by atoms with Crippen LogP contribution in [0.25, 0.3) is 6.08 Å². The third-order valence-corrected chi connectivity index (χ3v) is 5.20. The van der Waals surface area contributed by atoms with Gasteiger partial charge in [0.1, 0.15) is 5.75 Å². The summed E-state index contributed by atoms with van der Waals surface area (Å²) in [4.78, 5) is 25.3. The molecular weight excluding hydrogens is 400 g/mol. The molecule has 0 unspecified atom stereocenters. The second kappa shape index (κ2) is 8.41. The quantitative estimate of drug-likeness (QED) is 0.299. The largest absolute Gasteiger partial charge is 0.494 e. The van der Waals surface area contributed by atoms with Gasteiger partial charge in [-0.25, -0.2) is 0 Å². The Balaban J connectivity index is 1.89. The van der Waals surface area contributed by atoms with Gasteiger partial charge in [-0.15, -0.1) is 0 Å². The van der Waals surface area contributed by atoms with Crippen LogP contribution in [0, 0.1) is 10.1 Å². The van der Waals surface area contributed by atoms with E-state index in [0.717, 1.165) is 11.8 Å². The molecule has 0 spiro atoms. The maximum absolute atomic E-state index is 12.8. The molecule has 1 aliphatic heterocycles. The molecule has 0 radical (unpaired) electrons. The number of carbonyl (C=O) groups is 1. The molecule has 7 nitrogen and oxygen atoms in total. The highest BCUT2D eigenvalue weighted by Gasteiger charge is 2.33. The summed E-state index contributed by atoms with van der Waals surface area (Å²) in [6, 6.07) is 11.6. The molecule has 0 aliphatic carbocycles. The molecule has 2 aromatic rings. The third-order valence-electron chi connectivity index (χ3n) is 3.90. The molecule has 1 heterocycles. The van der Waals surface area contributed by atoms with Crippen molar-refractivity contribution in [2.45, 2.75) is 6.92 Å². The first kappa shape index (κ1) is 19.8. The molecule has 9 heteroatoms. The predicted molar refractivity (Wildman–Crippen MR) is 113 cm³/mol. The molecule has 0 N–H and O–H groups in total. The molecule has 1 fully saturated rings. The van der Waals surface area contributed by atoms with Gasteiger partial charge in [-0.1, -0.05) is 30.0 Å². The molecule has 144 valence electrons. The van der Waals surface area contributed by atoms with Crippen LogP contribution >= 0.6 is 24.0 Å². The zero-order chi connectivity index (χ0) is 20.3. The number of amides is 1. The average Bonchev–Trinajstić information content (AvgIpc) is 2.96. The van der Waals surface area contributed by atoms with Gasteiger partial charge in [-0.2, -0.15) is 0 Å². The van der Waals surface area contributed by atoms with E-state index in [1.165, 1.54) is 24.1 Å². The van der Waals surface area contributed by atoms with Crippen molar-refractivity contribution >= 4 is 51.7 Å². The molecule has 28 heavy (non-hydrogen) atoms. The van der Waals surface area contributed by atoms with Crippen LogP contribution in [0.15, 0.2) is 47.4 Å². The zero-order valence-corrected chi connectivity index (χ0v) is 16.7. The first-order valence-electron chi connectivity index (χ1n) is 8.28.